The summed E-state index contributed by atoms with van der Waals surface area (Å²) in [6.07, 6.45) is 2.13. The molecular weight excluding hydrogens is 318 g/mol. The lowest BCUT2D eigenvalue weighted by Crippen LogP contribution is -2.26. The third-order valence-corrected chi connectivity index (χ3v) is 3.96. The fourth-order valence-electron chi connectivity index (χ4n) is 2.79. The zero-order valence-corrected chi connectivity index (χ0v) is 13.7. The van der Waals surface area contributed by atoms with Crippen molar-refractivity contribution in [1.29, 1.82) is 0 Å². The summed E-state index contributed by atoms with van der Waals surface area (Å²) in [5.41, 5.74) is 2.03. The number of nitrogens with zero attached hydrogens (tertiary/aromatic N) is 2. The zero-order chi connectivity index (χ0) is 17.8. The SMILES string of the molecule is Cc1cc([N+](=O)[O-])c2ccnc(C(=O)NCCc3ccccc3)c2c1. The van der Waals surface area contributed by atoms with E-state index < -0.39 is 4.92 Å². The first kappa shape index (κ1) is 16.6. The standard InChI is InChI=1S/C19H17N3O3/c1-13-11-16-15(17(12-13)22(24)25)8-10-20-18(16)19(23)21-9-7-14-5-3-2-4-6-14/h2-6,8,10-12H,7,9H2,1H3,(H,21,23). The number of nitrogens with one attached hydrogen (secondary N) is 1. The second-order valence-electron chi connectivity index (χ2n) is 5.79. The lowest BCUT2D eigenvalue weighted by atomic mass is 10.0. The van der Waals surface area contributed by atoms with Gasteiger partial charge in [-0.05, 0) is 36.6 Å². The first-order valence-electron chi connectivity index (χ1n) is 7.92. The smallest absolute Gasteiger partial charge is 0.277 e. The van der Waals surface area contributed by atoms with Gasteiger partial charge in [-0.3, -0.25) is 19.9 Å². The van der Waals surface area contributed by atoms with E-state index in [9.17, 15) is 14.9 Å². The first-order chi connectivity index (χ1) is 12.1. The van der Waals surface area contributed by atoms with Crippen molar-refractivity contribution in [3.8, 4) is 0 Å². The minimum Gasteiger partial charge on any atom is -0.350 e. The van der Waals surface area contributed by atoms with E-state index in [1.165, 1.54) is 12.3 Å². The van der Waals surface area contributed by atoms with Crippen molar-refractivity contribution < 1.29 is 9.72 Å². The summed E-state index contributed by atoms with van der Waals surface area (Å²) in [5, 5.41) is 15.0. The Bertz CT molecular complexity index is 939. The van der Waals surface area contributed by atoms with Crippen LogP contribution in [0.3, 0.4) is 0 Å². The van der Waals surface area contributed by atoms with Crippen LogP contribution in [0.5, 0.6) is 0 Å². The lowest BCUT2D eigenvalue weighted by Gasteiger charge is -2.08. The number of aryl methyl sites for hydroxylation is 1. The summed E-state index contributed by atoms with van der Waals surface area (Å²) in [5.74, 6) is -0.332. The predicted octanol–water partition coefficient (Wildman–Crippen LogP) is 3.42. The normalized spacial score (nSPS) is 10.6. The molecule has 25 heavy (non-hydrogen) atoms. The molecule has 3 rings (SSSR count). The van der Waals surface area contributed by atoms with Crippen molar-refractivity contribution in [2.24, 2.45) is 0 Å². The molecule has 1 amide bonds. The molecule has 0 atom stereocenters. The van der Waals surface area contributed by atoms with Crippen molar-refractivity contribution in [2.45, 2.75) is 13.3 Å². The van der Waals surface area contributed by atoms with E-state index in [-0.39, 0.29) is 17.3 Å². The molecule has 1 heterocycles. The fraction of sp³-hybridized carbons (Fsp3) is 0.158. The van der Waals surface area contributed by atoms with Crippen LogP contribution in [-0.2, 0) is 6.42 Å². The molecule has 0 aliphatic carbocycles. The van der Waals surface area contributed by atoms with Gasteiger partial charge in [0.25, 0.3) is 11.6 Å². The molecule has 0 unspecified atom stereocenters. The third-order valence-electron chi connectivity index (χ3n) is 3.96. The number of hydrogen-bond acceptors (Lipinski definition) is 4. The number of non-ortho nitro benzene ring substituents is 1. The fourth-order valence-corrected chi connectivity index (χ4v) is 2.79. The van der Waals surface area contributed by atoms with Gasteiger partial charge in [-0.2, -0.15) is 0 Å². The predicted molar refractivity (Wildman–Crippen MR) is 95.6 cm³/mol. The largest absolute Gasteiger partial charge is 0.350 e. The van der Waals surface area contributed by atoms with Gasteiger partial charge >= 0.3 is 0 Å². The summed E-state index contributed by atoms with van der Waals surface area (Å²) >= 11 is 0. The molecule has 0 saturated carbocycles. The third kappa shape index (κ3) is 3.63. The maximum Gasteiger partial charge on any atom is 0.277 e. The summed E-state index contributed by atoms with van der Waals surface area (Å²) in [7, 11) is 0. The van der Waals surface area contributed by atoms with Gasteiger partial charge in [0.1, 0.15) is 5.69 Å². The molecule has 0 radical (unpaired) electrons. The average Bonchev–Trinajstić information content (AvgIpc) is 2.61. The van der Waals surface area contributed by atoms with Crippen LogP contribution in [0.2, 0.25) is 0 Å². The van der Waals surface area contributed by atoms with Crippen LogP contribution < -0.4 is 5.32 Å². The lowest BCUT2D eigenvalue weighted by molar-refractivity contribution is -0.383. The Morgan fingerprint density at radius 2 is 1.92 bits per heavy atom. The number of carbonyl (C=O) groups excluding carboxylic acids is 1. The Morgan fingerprint density at radius 1 is 1.16 bits per heavy atom. The second kappa shape index (κ2) is 7.09. The minimum absolute atomic E-state index is 0.0178. The van der Waals surface area contributed by atoms with E-state index >= 15 is 0 Å². The molecule has 0 spiro atoms. The number of carbonyl (C=O) groups is 1. The molecule has 0 bridgehead atoms. The van der Waals surface area contributed by atoms with Gasteiger partial charge in [0.05, 0.1) is 10.3 Å². The molecule has 1 aromatic heterocycles. The van der Waals surface area contributed by atoms with Gasteiger partial charge in [-0.1, -0.05) is 30.3 Å². The quantitative estimate of drug-likeness (QED) is 0.572. The Balaban J connectivity index is 1.85. The number of rotatable bonds is 5. The molecule has 0 aliphatic heterocycles. The van der Waals surface area contributed by atoms with Crippen LogP contribution in [0.25, 0.3) is 10.8 Å². The van der Waals surface area contributed by atoms with Crippen molar-refractivity contribution in [3.05, 3.63) is 81.7 Å². The highest BCUT2D eigenvalue weighted by atomic mass is 16.6. The number of pyridine rings is 1. The number of amides is 1. The second-order valence-corrected chi connectivity index (χ2v) is 5.79. The van der Waals surface area contributed by atoms with Gasteiger partial charge < -0.3 is 5.32 Å². The number of nitro groups is 1. The van der Waals surface area contributed by atoms with Crippen LogP contribution >= 0.6 is 0 Å². The van der Waals surface area contributed by atoms with E-state index in [2.05, 4.69) is 10.3 Å². The van der Waals surface area contributed by atoms with Crippen LogP contribution in [0.15, 0.2) is 54.7 Å². The van der Waals surface area contributed by atoms with Crippen molar-refractivity contribution >= 4 is 22.4 Å². The van der Waals surface area contributed by atoms with Gasteiger partial charge in [-0.15, -0.1) is 0 Å². The molecule has 3 aromatic rings. The number of hydrogen-bond donors (Lipinski definition) is 1. The molecule has 0 aliphatic rings. The van der Waals surface area contributed by atoms with Crippen LogP contribution in [0.1, 0.15) is 21.6 Å². The van der Waals surface area contributed by atoms with Crippen molar-refractivity contribution in [1.82, 2.24) is 10.3 Å². The molecule has 6 heteroatoms. The van der Waals surface area contributed by atoms with Crippen LogP contribution in [0.4, 0.5) is 5.69 Å². The van der Waals surface area contributed by atoms with Gasteiger partial charge in [0.2, 0.25) is 0 Å². The van der Waals surface area contributed by atoms with Gasteiger partial charge in [0, 0.05) is 24.2 Å². The molecular formula is C19H17N3O3. The van der Waals surface area contributed by atoms with Gasteiger partial charge in [0.15, 0.2) is 0 Å². The molecule has 1 N–H and O–H groups in total. The van der Waals surface area contributed by atoms with E-state index in [1.807, 2.05) is 30.3 Å². The topological polar surface area (TPSA) is 85.1 Å². The Kier molecular flexibility index (Phi) is 4.70. The first-order valence-corrected chi connectivity index (χ1v) is 7.92. The maximum atomic E-state index is 12.5. The molecule has 0 fully saturated rings. The number of aromatic nitrogens is 1. The maximum absolute atomic E-state index is 12.5. The van der Waals surface area contributed by atoms with E-state index in [1.54, 1.807) is 19.1 Å². The minimum atomic E-state index is -0.438. The number of benzene rings is 2. The van der Waals surface area contributed by atoms with Crippen LogP contribution in [-0.4, -0.2) is 22.4 Å². The Hall–Kier alpha value is -3.28. The summed E-state index contributed by atoms with van der Waals surface area (Å²) in [6.45, 7) is 2.23. The van der Waals surface area contributed by atoms with Crippen molar-refractivity contribution in [2.75, 3.05) is 6.54 Å². The van der Waals surface area contributed by atoms with E-state index in [0.29, 0.717) is 29.3 Å². The zero-order valence-electron chi connectivity index (χ0n) is 13.7. The molecule has 126 valence electrons. The highest BCUT2D eigenvalue weighted by Gasteiger charge is 2.18. The number of nitro benzene ring substituents is 1. The summed E-state index contributed by atoms with van der Waals surface area (Å²) in [4.78, 5) is 27.5. The van der Waals surface area contributed by atoms with E-state index in [4.69, 9.17) is 0 Å². The van der Waals surface area contributed by atoms with Crippen LogP contribution in [0, 0.1) is 17.0 Å². The highest BCUT2D eigenvalue weighted by molar-refractivity contribution is 6.07. The summed E-state index contributed by atoms with van der Waals surface area (Å²) in [6, 6.07) is 14.6. The van der Waals surface area contributed by atoms with Crippen molar-refractivity contribution in [3.63, 3.8) is 0 Å². The van der Waals surface area contributed by atoms with Gasteiger partial charge in [-0.25, -0.2) is 0 Å². The Labute approximate surface area is 144 Å². The Morgan fingerprint density at radius 3 is 2.64 bits per heavy atom. The molecule has 6 nitrogen and oxygen atoms in total. The molecule has 0 saturated heterocycles. The molecule has 2 aromatic carbocycles. The summed E-state index contributed by atoms with van der Waals surface area (Å²) < 4.78 is 0. The highest BCUT2D eigenvalue weighted by Crippen LogP contribution is 2.28. The average molecular weight is 335 g/mol. The monoisotopic (exact) mass is 335 g/mol. The number of fused-ring (bicyclic) bond motifs is 1. The van der Waals surface area contributed by atoms with E-state index in [0.717, 1.165) is 5.56 Å².